The van der Waals surface area contributed by atoms with Gasteiger partial charge in [0.05, 0.1) is 18.4 Å². The molecule has 0 spiro atoms. The molecule has 0 radical (unpaired) electrons. The predicted molar refractivity (Wildman–Crippen MR) is 109 cm³/mol. The fraction of sp³-hybridized carbons (Fsp3) is 0.273. The molecular formula is C22H26N2O3. The summed E-state index contributed by atoms with van der Waals surface area (Å²) in [7, 11) is 1.59. The van der Waals surface area contributed by atoms with Crippen molar-refractivity contribution in [2.75, 3.05) is 25.5 Å². The number of hydrogen-bond donors (Lipinski definition) is 1. The van der Waals surface area contributed by atoms with Crippen LogP contribution in [0.5, 0.6) is 5.75 Å². The second-order valence-corrected chi connectivity index (χ2v) is 6.00. The van der Waals surface area contributed by atoms with Crippen LogP contribution in [-0.4, -0.2) is 36.9 Å². The number of benzene rings is 2. The summed E-state index contributed by atoms with van der Waals surface area (Å²) in [6.07, 6.45) is 2.36. The third kappa shape index (κ3) is 4.76. The third-order valence-corrected chi connectivity index (χ3v) is 4.36. The Morgan fingerprint density at radius 3 is 2.48 bits per heavy atom. The smallest absolute Gasteiger partial charge is 0.255 e. The van der Waals surface area contributed by atoms with Crippen molar-refractivity contribution in [2.24, 2.45) is 0 Å². The Kier molecular flexibility index (Phi) is 7.17. The number of hydrogen-bond acceptors (Lipinski definition) is 3. The highest BCUT2D eigenvalue weighted by Crippen LogP contribution is 2.23. The number of anilines is 1. The number of methoxy groups -OCH3 is 1. The molecule has 0 heterocycles. The number of carbonyl (C=O) groups is 2. The van der Waals surface area contributed by atoms with Gasteiger partial charge >= 0.3 is 0 Å². The number of rotatable bonds is 8. The highest BCUT2D eigenvalue weighted by atomic mass is 16.5. The maximum absolute atomic E-state index is 12.8. The first-order valence-electron chi connectivity index (χ1n) is 9.03. The van der Waals surface area contributed by atoms with E-state index in [-0.39, 0.29) is 11.8 Å². The van der Waals surface area contributed by atoms with E-state index in [1.807, 2.05) is 13.8 Å². The molecule has 27 heavy (non-hydrogen) atoms. The minimum Gasteiger partial charge on any atom is -0.496 e. The molecule has 5 nitrogen and oxygen atoms in total. The quantitative estimate of drug-likeness (QED) is 0.714. The Morgan fingerprint density at radius 1 is 1.15 bits per heavy atom. The number of nitrogens with one attached hydrogen (secondary N) is 1. The maximum atomic E-state index is 12.8. The number of carbonyl (C=O) groups excluding carboxylic acids is 2. The molecule has 0 aromatic heterocycles. The summed E-state index contributed by atoms with van der Waals surface area (Å²) in [5.41, 5.74) is 2.36. The van der Waals surface area contributed by atoms with E-state index in [1.54, 1.807) is 60.6 Å². The lowest BCUT2D eigenvalue weighted by Crippen LogP contribution is -2.31. The summed E-state index contributed by atoms with van der Waals surface area (Å²) in [6.45, 7) is 8.83. The molecule has 2 aromatic rings. The molecule has 0 aliphatic carbocycles. The molecule has 0 bridgehead atoms. The van der Waals surface area contributed by atoms with Crippen molar-refractivity contribution >= 4 is 17.5 Å². The summed E-state index contributed by atoms with van der Waals surface area (Å²) < 4.78 is 5.32. The number of para-hydroxylation sites is 1. The van der Waals surface area contributed by atoms with Crippen molar-refractivity contribution < 1.29 is 14.3 Å². The lowest BCUT2D eigenvalue weighted by molar-refractivity contribution is 0.0774. The molecule has 2 rings (SSSR count). The van der Waals surface area contributed by atoms with Gasteiger partial charge in [0, 0.05) is 18.7 Å². The second-order valence-electron chi connectivity index (χ2n) is 6.00. The molecule has 1 N–H and O–H groups in total. The van der Waals surface area contributed by atoms with Crippen LogP contribution in [-0.2, 0) is 6.42 Å². The van der Waals surface area contributed by atoms with Crippen LogP contribution in [0.25, 0.3) is 0 Å². The first-order chi connectivity index (χ1) is 13.0. The van der Waals surface area contributed by atoms with E-state index in [0.717, 1.165) is 5.56 Å². The van der Waals surface area contributed by atoms with Gasteiger partial charge in [-0.25, -0.2) is 0 Å². The van der Waals surface area contributed by atoms with Crippen LogP contribution in [0.15, 0.2) is 55.1 Å². The molecule has 5 heteroatoms. The molecule has 2 amide bonds. The van der Waals surface area contributed by atoms with Gasteiger partial charge < -0.3 is 15.0 Å². The number of ether oxygens (including phenoxy) is 1. The van der Waals surface area contributed by atoms with Crippen LogP contribution in [0.4, 0.5) is 5.69 Å². The summed E-state index contributed by atoms with van der Waals surface area (Å²) in [5, 5.41) is 2.86. The Bertz CT molecular complexity index is 826. The zero-order chi connectivity index (χ0) is 19.8. The van der Waals surface area contributed by atoms with Gasteiger partial charge in [-0.05, 0) is 56.2 Å². The van der Waals surface area contributed by atoms with Gasteiger partial charge in [-0.15, -0.1) is 6.58 Å². The molecule has 0 atom stereocenters. The van der Waals surface area contributed by atoms with Crippen LogP contribution in [0.2, 0.25) is 0 Å². The first kappa shape index (κ1) is 20.2. The van der Waals surface area contributed by atoms with Gasteiger partial charge in [0.1, 0.15) is 5.75 Å². The highest BCUT2D eigenvalue weighted by molar-refractivity contribution is 6.09. The molecule has 0 saturated heterocycles. The average molecular weight is 366 g/mol. The van der Waals surface area contributed by atoms with Crippen LogP contribution >= 0.6 is 0 Å². The van der Waals surface area contributed by atoms with Gasteiger partial charge in [0.15, 0.2) is 0 Å². The van der Waals surface area contributed by atoms with Crippen molar-refractivity contribution in [1.82, 2.24) is 4.90 Å². The van der Waals surface area contributed by atoms with E-state index >= 15 is 0 Å². The normalized spacial score (nSPS) is 10.2. The molecule has 2 aromatic carbocycles. The molecule has 142 valence electrons. The standard InChI is InChI=1S/C22H26N2O3/c1-5-10-16-15-17(13-14-20(16)27-4)21(25)23-19-12-9-8-11-18(19)22(26)24(6-2)7-3/h5,8-9,11-15H,1,6-7,10H2,2-4H3,(H,23,25). The van der Waals surface area contributed by atoms with Crippen LogP contribution in [0.3, 0.4) is 0 Å². The largest absolute Gasteiger partial charge is 0.496 e. The topological polar surface area (TPSA) is 58.6 Å². The minimum absolute atomic E-state index is 0.0991. The highest BCUT2D eigenvalue weighted by Gasteiger charge is 2.18. The molecular weight excluding hydrogens is 340 g/mol. The lowest BCUT2D eigenvalue weighted by atomic mass is 10.1. The molecule has 0 saturated carbocycles. The average Bonchev–Trinajstić information content (AvgIpc) is 2.69. The van der Waals surface area contributed by atoms with Crippen LogP contribution in [0.1, 0.15) is 40.1 Å². The Labute approximate surface area is 160 Å². The van der Waals surface area contributed by atoms with E-state index in [4.69, 9.17) is 4.74 Å². The van der Waals surface area contributed by atoms with Crippen molar-refractivity contribution in [3.63, 3.8) is 0 Å². The van der Waals surface area contributed by atoms with Crippen LogP contribution in [0, 0.1) is 0 Å². The zero-order valence-electron chi connectivity index (χ0n) is 16.1. The summed E-state index contributed by atoms with van der Waals surface area (Å²) in [4.78, 5) is 27.2. The molecule has 0 fully saturated rings. The Hall–Kier alpha value is -3.08. The first-order valence-corrected chi connectivity index (χ1v) is 9.03. The van der Waals surface area contributed by atoms with Crippen molar-refractivity contribution in [3.8, 4) is 5.75 Å². The van der Waals surface area contributed by atoms with E-state index < -0.39 is 0 Å². The van der Waals surface area contributed by atoms with Gasteiger partial charge in [0.2, 0.25) is 0 Å². The number of nitrogens with zero attached hydrogens (tertiary/aromatic N) is 1. The third-order valence-electron chi connectivity index (χ3n) is 4.36. The lowest BCUT2D eigenvalue weighted by Gasteiger charge is -2.20. The summed E-state index contributed by atoms with van der Waals surface area (Å²) in [6, 6.07) is 12.3. The Balaban J connectivity index is 2.30. The number of amides is 2. The Morgan fingerprint density at radius 2 is 1.85 bits per heavy atom. The van der Waals surface area contributed by atoms with Crippen molar-refractivity contribution in [2.45, 2.75) is 20.3 Å². The van der Waals surface area contributed by atoms with E-state index in [9.17, 15) is 9.59 Å². The van der Waals surface area contributed by atoms with Crippen LogP contribution < -0.4 is 10.1 Å². The summed E-state index contributed by atoms with van der Waals surface area (Å²) >= 11 is 0. The SMILES string of the molecule is C=CCc1cc(C(=O)Nc2ccccc2C(=O)N(CC)CC)ccc1OC. The maximum Gasteiger partial charge on any atom is 0.255 e. The molecule has 0 aliphatic heterocycles. The molecule has 0 aliphatic rings. The monoisotopic (exact) mass is 366 g/mol. The molecule has 0 unspecified atom stereocenters. The fourth-order valence-corrected chi connectivity index (χ4v) is 2.89. The van der Waals surface area contributed by atoms with Crippen molar-refractivity contribution in [3.05, 3.63) is 71.8 Å². The van der Waals surface area contributed by atoms with E-state index in [0.29, 0.717) is 42.1 Å². The second kappa shape index (κ2) is 9.57. The number of allylic oxidation sites excluding steroid dienone is 1. The van der Waals surface area contributed by atoms with Gasteiger partial charge in [-0.1, -0.05) is 18.2 Å². The van der Waals surface area contributed by atoms with Crippen molar-refractivity contribution in [1.29, 1.82) is 0 Å². The van der Waals surface area contributed by atoms with E-state index in [2.05, 4.69) is 11.9 Å². The predicted octanol–water partition coefficient (Wildman–Crippen LogP) is 4.16. The van der Waals surface area contributed by atoms with E-state index in [1.165, 1.54) is 0 Å². The minimum atomic E-state index is -0.275. The van der Waals surface area contributed by atoms with Gasteiger partial charge in [0.25, 0.3) is 11.8 Å². The fourth-order valence-electron chi connectivity index (χ4n) is 2.89. The van der Waals surface area contributed by atoms with Gasteiger partial charge in [-0.3, -0.25) is 9.59 Å². The zero-order valence-corrected chi connectivity index (χ0v) is 16.1. The van der Waals surface area contributed by atoms with Gasteiger partial charge in [-0.2, -0.15) is 0 Å². The summed E-state index contributed by atoms with van der Waals surface area (Å²) in [5.74, 6) is 0.337.